The Labute approximate surface area is 114 Å². The van der Waals surface area contributed by atoms with Crippen LogP contribution in [-0.2, 0) is 0 Å². The summed E-state index contributed by atoms with van der Waals surface area (Å²) in [6.45, 7) is 0. The molecule has 0 saturated heterocycles. The van der Waals surface area contributed by atoms with Crippen LogP contribution in [0.1, 0.15) is 42.5 Å². The molecule has 0 atom stereocenters. The van der Waals surface area contributed by atoms with Crippen molar-refractivity contribution in [3.63, 3.8) is 0 Å². The fourth-order valence-corrected chi connectivity index (χ4v) is 2.47. The number of ether oxygens (including phenoxy) is 1. The predicted octanol–water partition coefficient (Wildman–Crippen LogP) is 3.46. The van der Waals surface area contributed by atoms with Crippen molar-refractivity contribution in [2.45, 2.75) is 44.1 Å². The monoisotopic (exact) mass is 288 g/mol. The van der Waals surface area contributed by atoms with Crippen molar-refractivity contribution in [2.24, 2.45) is 0 Å². The molecular formula is C14H15F3O3. The molecule has 0 aromatic heterocycles. The third kappa shape index (κ3) is 3.50. The SMILES string of the molecule is O=C(c1cccc(OC(F)(F)F)c1)C1(O)CCCCC1. The van der Waals surface area contributed by atoms with Crippen molar-refractivity contribution < 1.29 is 27.8 Å². The molecule has 1 fully saturated rings. The highest BCUT2D eigenvalue weighted by molar-refractivity contribution is 6.02. The number of benzene rings is 1. The summed E-state index contributed by atoms with van der Waals surface area (Å²) in [7, 11) is 0. The number of hydrogen-bond donors (Lipinski definition) is 1. The smallest absolute Gasteiger partial charge is 0.406 e. The number of alkyl halides is 3. The number of rotatable bonds is 3. The Morgan fingerprint density at radius 2 is 1.85 bits per heavy atom. The van der Waals surface area contributed by atoms with Gasteiger partial charge in [0.1, 0.15) is 11.4 Å². The van der Waals surface area contributed by atoms with Crippen LogP contribution in [0.5, 0.6) is 5.75 Å². The van der Waals surface area contributed by atoms with E-state index in [9.17, 15) is 23.1 Å². The molecule has 0 radical (unpaired) electrons. The van der Waals surface area contributed by atoms with Crippen molar-refractivity contribution in [1.82, 2.24) is 0 Å². The van der Waals surface area contributed by atoms with Crippen LogP contribution in [-0.4, -0.2) is 22.9 Å². The maximum atomic E-state index is 12.3. The Morgan fingerprint density at radius 3 is 2.45 bits per heavy atom. The second kappa shape index (κ2) is 5.44. The van der Waals surface area contributed by atoms with E-state index in [1.54, 1.807) is 0 Å². The zero-order chi connectivity index (χ0) is 14.8. The molecule has 0 aliphatic heterocycles. The van der Waals surface area contributed by atoms with Crippen LogP contribution in [0.15, 0.2) is 24.3 Å². The maximum absolute atomic E-state index is 12.3. The van der Waals surface area contributed by atoms with Gasteiger partial charge in [0.05, 0.1) is 0 Å². The molecule has 0 amide bonds. The first-order valence-electron chi connectivity index (χ1n) is 6.43. The maximum Gasteiger partial charge on any atom is 0.573 e. The molecule has 20 heavy (non-hydrogen) atoms. The fourth-order valence-electron chi connectivity index (χ4n) is 2.47. The van der Waals surface area contributed by atoms with Gasteiger partial charge in [0.15, 0.2) is 5.78 Å². The number of carbonyl (C=O) groups is 1. The normalized spacial score (nSPS) is 18.6. The Bertz CT molecular complexity index is 491. The molecule has 1 aliphatic rings. The lowest BCUT2D eigenvalue weighted by molar-refractivity contribution is -0.274. The minimum absolute atomic E-state index is 0.0381. The van der Waals surface area contributed by atoms with Gasteiger partial charge in [0.2, 0.25) is 0 Å². The molecule has 1 aliphatic carbocycles. The minimum atomic E-state index is -4.80. The van der Waals surface area contributed by atoms with E-state index in [0.717, 1.165) is 31.4 Å². The largest absolute Gasteiger partial charge is 0.573 e. The van der Waals surface area contributed by atoms with Crippen LogP contribution in [0, 0.1) is 0 Å². The summed E-state index contributed by atoms with van der Waals surface area (Å²) in [5.74, 6) is -0.993. The topological polar surface area (TPSA) is 46.5 Å². The predicted molar refractivity (Wildman–Crippen MR) is 65.5 cm³/mol. The molecule has 3 nitrogen and oxygen atoms in total. The second-order valence-electron chi connectivity index (χ2n) is 5.00. The Morgan fingerprint density at radius 1 is 1.20 bits per heavy atom. The summed E-state index contributed by atoms with van der Waals surface area (Å²) >= 11 is 0. The van der Waals surface area contributed by atoms with E-state index in [4.69, 9.17) is 0 Å². The summed E-state index contributed by atoms with van der Waals surface area (Å²) in [5.41, 5.74) is -1.43. The highest BCUT2D eigenvalue weighted by Gasteiger charge is 2.38. The van der Waals surface area contributed by atoms with Gasteiger partial charge in [-0.05, 0) is 25.0 Å². The highest BCUT2D eigenvalue weighted by Crippen LogP contribution is 2.32. The number of halogens is 3. The average molecular weight is 288 g/mol. The molecule has 0 unspecified atom stereocenters. The van der Waals surface area contributed by atoms with Crippen molar-refractivity contribution in [1.29, 1.82) is 0 Å². The molecule has 0 heterocycles. The lowest BCUT2D eigenvalue weighted by Crippen LogP contribution is -2.40. The van der Waals surface area contributed by atoms with Crippen molar-refractivity contribution in [2.75, 3.05) is 0 Å². The number of aliphatic hydroxyl groups is 1. The third-order valence-electron chi connectivity index (χ3n) is 3.43. The zero-order valence-corrected chi connectivity index (χ0v) is 10.7. The lowest BCUT2D eigenvalue weighted by Gasteiger charge is -2.30. The van der Waals surface area contributed by atoms with E-state index in [1.807, 2.05) is 0 Å². The molecule has 1 aromatic rings. The number of hydrogen-bond acceptors (Lipinski definition) is 3. The molecule has 110 valence electrons. The quantitative estimate of drug-likeness (QED) is 0.866. The van der Waals surface area contributed by atoms with Gasteiger partial charge in [-0.25, -0.2) is 0 Å². The van der Waals surface area contributed by atoms with E-state index in [1.165, 1.54) is 12.1 Å². The molecule has 2 rings (SSSR count). The van der Waals surface area contributed by atoms with Gasteiger partial charge in [0.25, 0.3) is 0 Å². The molecular weight excluding hydrogens is 273 g/mol. The number of Topliss-reactive ketones (excluding diaryl/α,β-unsaturated/α-hetero) is 1. The van der Waals surface area contributed by atoms with E-state index in [2.05, 4.69) is 4.74 Å². The van der Waals surface area contributed by atoms with Gasteiger partial charge < -0.3 is 9.84 Å². The summed E-state index contributed by atoms with van der Waals surface area (Å²) < 4.78 is 40.2. The van der Waals surface area contributed by atoms with E-state index < -0.39 is 23.5 Å². The Balaban J connectivity index is 2.20. The lowest BCUT2D eigenvalue weighted by atomic mass is 9.79. The fraction of sp³-hybridized carbons (Fsp3) is 0.500. The van der Waals surface area contributed by atoms with E-state index >= 15 is 0 Å². The van der Waals surface area contributed by atoms with Crippen LogP contribution >= 0.6 is 0 Å². The molecule has 1 saturated carbocycles. The summed E-state index contributed by atoms with van der Waals surface area (Å²) in [5, 5.41) is 10.3. The average Bonchev–Trinajstić information content (AvgIpc) is 2.37. The molecule has 6 heteroatoms. The minimum Gasteiger partial charge on any atom is -0.406 e. The Hall–Kier alpha value is -1.56. The summed E-state index contributed by atoms with van der Waals surface area (Å²) in [6, 6.07) is 4.83. The van der Waals surface area contributed by atoms with Crippen LogP contribution in [0.3, 0.4) is 0 Å². The van der Waals surface area contributed by atoms with Crippen molar-refractivity contribution in [3.05, 3.63) is 29.8 Å². The standard InChI is InChI=1S/C14H15F3O3/c15-14(16,17)20-11-6-4-5-10(9-11)12(18)13(19)7-2-1-3-8-13/h4-6,9,19H,1-3,7-8H2. The van der Waals surface area contributed by atoms with Crippen LogP contribution < -0.4 is 4.74 Å². The van der Waals surface area contributed by atoms with Gasteiger partial charge in [-0.1, -0.05) is 31.4 Å². The zero-order valence-electron chi connectivity index (χ0n) is 10.7. The van der Waals surface area contributed by atoms with Gasteiger partial charge in [0, 0.05) is 5.56 Å². The van der Waals surface area contributed by atoms with Crippen LogP contribution in [0.2, 0.25) is 0 Å². The van der Waals surface area contributed by atoms with Gasteiger partial charge in [-0.2, -0.15) is 0 Å². The van der Waals surface area contributed by atoms with Crippen molar-refractivity contribution in [3.8, 4) is 5.75 Å². The molecule has 1 aromatic carbocycles. The first-order chi connectivity index (χ1) is 9.30. The van der Waals surface area contributed by atoms with E-state index in [-0.39, 0.29) is 5.56 Å². The Kier molecular flexibility index (Phi) is 4.04. The van der Waals surface area contributed by atoms with E-state index in [0.29, 0.717) is 12.8 Å². The molecule has 1 N–H and O–H groups in total. The summed E-state index contributed by atoms with van der Waals surface area (Å²) in [6.07, 6.45) is -1.69. The highest BCUT2D eigenvalue weighted by atomic mass is 19.4. The third-order valence-corrected chi connectivity index (χ3v) is 3.43. The first kappa shape index (κ1) is 14.8. The molecule has 0 bridgehead atoms. The van der Waals surface area contributed by atoms with Crippen LogP contribution in [0.25, 0.3) is 0 Å². The van der Waals surface area contributed by atoms with Crippen LogP contribution in [0.4, 0.5) is 13.2 Å². The second-order valence-corrected chi connectivity index (χ2v) is 5.00. The molecule has 0 spiro atoms. The summed E-state index contributed by atoms with van der Waals surface area (Å²) in [4.78, 5) is 12.3. The number of ketones is 1. The first-order valence-corrected chi connectivity index (χ1v) is 6.43. The van der Waals surface area contributed by atoms with Gasteiger partial charge >= 0.3 is 6.36 Å². The van der Waals surface area contributed by atoms with Gasteiger partial charge in [-0.3, -0.25) is 4.79 Å². The number of carbonyl (C=O) groups excluding carboxylic acids is 1. The van der Waals surface area contributed by atoms with Crippen molar-refractivity contribution >= 4 is 5.78 Å². The van der Waals surface area contributed by atoms with Gasteiger partial charge in [-0.15, -0.1) is 13.2 Å².